The van der Waals surface area contributed by atoms with Gasteiger partial charge in [0.25, 0.3) is 0 Å². The summed E-state index contributed by atoms with van der Waals surface area (Å²) >= 11 is 0. The first-order chi connectivity index (χ1) is 7.16. The highest BCUT2D eigenvalue weighted by Crippen LogP contribution is 1.92. The van der Waals surface area contributed by atoms with Gasteiger partial charge in [0.05, 0.1) is 18.7 Å². The Kier molecular flexibility index (Phi) is 7.93. The monoisotopic (exact) mass is 203 g/mol. The van der Waals surface area contributed by atoms with Gasteiger partial charge in [-0.3, -0.25) is 4.99 Å². The lowest BCUT2D eigenvalue weighted by atomic mass is 10.2. The van der Waals surface area contributed by atoms with Gasteiger partial charge in [-0.2, -0.15) is 5.26 Å². The Hall–Kier alpha value is -1.66. The van der Waals surface area contributed by atoms with Gasteiger partial charge in [0, 0.05) is 6.21 Å². The summed E-state index contributed by atoms with van der Waals surface area (Å²) in [5.74, 6) is 0. The first-order valence-electron chi connectivity index (χ1n) is 4.82. The van der Waals surface area contributed by atoms with Crippen LogP contribution in [-0.4, -0.2) is 12.4 Å². The van der Waals surface area contributed by atoms with Crippen molar-refractivity contribution in [3.05, 3.63) is 35.9 Å². The van der Waals surface area contributed by atoms with Crippen LogP contribution in [0.1, 0.15) is 18.9 Å². The summed E-state index contributed by atoms with van der Waals surface area (Å²) in [6.45, 7) is 3.84. The Balaban J connectivity index is 0.000000262. The number of rotatable bonds is 2. The Morgan fingerprint density at radius 1 is 1.47 bits per heavy atom. The Bertz CT molecular complexity index is 309. The maximum Gasteiger partial charge on any atom is 0.0937 e. The van der Waals surface area contributed by atoms with E-state index in [1.54, 1.807) is 6.92 Å². The van der Waals surface area contributed by atoms with Crippen molar-refractivity contribution in [2.24, 2.45) is 10.7 Å². The zero-order valence-electron chi connectivity index (χ0n) is 9.22. The zero-order chi connectivity index (χ0) is 11.5. The molecule has 0 amide bonds. The molecule has 1 atom stereocenters. The predicted molar refractivity (Wildman–Crippen MR) is 63.6 cm³/mol. The van der Waals surface area contributed by atoms with Gasteiger partial charge in [-0.1, -0.05) is 35.9 Å². The molecule has 1 aromatic carbocycles. The van der Waals surface area contributed by atoms with Crippen molar-refractivity contribution < 1.29 is 0 Å². The molecule has 0 saturated heterocycles. The summed E-state index contributed by atoms with van der Waals surface area (Å²) in [6, 6.07) is 12.2. The van der Waals surface area contributed by atoms with Crippen LogP contribution in [-0.2, 0) is 0 Å². The molecule has 15 heavy (non-hydrogen) atoms. The molecule has 0 saturated carbocycles. The third-order valence-electron chi connectivity index (χ3n) is 1.46. The van der Waals surface area contributed by atoms with Crippen LogP contribution in [0.5, 0.6) is 0 Å². The molecular formula is C12H17N3. The maximum absolute atomic E-state index is 8.00. The van der Waals surface area contributed by atoms with Gasteiger partial charge in [0.1, 0.15) is 0 Å². The average molecular weight is 203 g/mol. The van der Waals surface area contributed by atoms with E-state index in [4.69, 9.17) is 11.0 Å². The van der Waals surface area contributed by atoms with E-state index in [1.165, 1.54) is 11.8 Å². The molecule has 2 N–H and O–H groups in total. The molecule has 0 bridgehead atoms. The van der Waals surface area contributed by atoms with Gasteiger partial charge in [-0.15, -0.1) is 0 Å². The van der Waals surface area contributed by atoms with Crippen LogP contribution < -0.4 is 5.73 Å². The van der Waals surface area contributed by atoms with Gasteiger partial charge in [0.2, 0.25) is 0 Å². The summed E-state index contributed by atoms with van der Waals surface area (Å²) in [4.78, 5) is 3.74. The quantitative estimate of drug-likeness (QED) is 0.749. The number of nitrogens with zero attached hydrogens (tertiary/aromatic N) is 2. The molecule has 0 aliphatic carbocycles. The lowest BCUT2D eigenvalue weighted by molar-refractivity contribution is 0.795. The van der Waals surface area contributed by atoms with Gasteiger partial charge < -0.3 is 5.73 Å². The molecule has 3 nitrogen and oxygen atoms in total. The highest BCUT2D eigenvalue weighted by Gasteiger charge is 1.80. The Morgan fingerprint density at radius 2 is 2.07 bits per heavy atom. The third-order valence-corrected chi connectivity index (χ3v) is 1.46. The first-order valence-corrected chi connectivity index (χ1v) is 4.82. The smallest absolute Gasteiger partial charge is 0.0937 e. The van der Waals surface area contributed by atoms with E-state index in [-0.39, 0.29) is 6.17 Å². The number of aliphatic imine (C=N–C) groups is 1. The maximum atomic E-state index is 8.00. The van der Waals surface area contributed by atoms with Gasteiger partial charge in [-0.05, 0) is 13.8 Å². The minimum Gasteiger partial charge on any atom is -0.310 e. The van der Waals surface area contributed by atoms with E-state index in [0.29, 0.717) is 6.42 Å². The molecule has 0 aromatic heterocycles. The molecule has 0 fully saturated rings. The molecule has 0 radical (unpaired) electrons. The third kappa shape index (κ3) is 10.3. The second kappa shape index (κ2) is 8.92. The fourth-order valence-corrected chi connectivity index (χ4v) is 0.794. The summed E-state index contributed by atoms with van der Waals surface area (Å²) in [6.07, 6.45) is 1.69. The summed E-state index contributed by atoms with van der Waals surface area (Å²) in [5, 5.41) is 8.00. The molecule has 1 unspecified atom stereocenters. The van der Waals surface area contributed by atoms with Crippen LogP contribution in [0.25, 0.3) is 0 Å². The lowest BCUT2D eigenvalue weighted by Crippen LogP contribution is -2.10. The van der Waals surface area contributed by atoms with Gasteiger partial charge in [-0.25, -0.2) is 0 Å². The van der Waals surface area contributed by atoms with Crippen LogP contribution in [0.15, 0.2) is 35.3 Å². The van der Waals surface area contributed by atoms with Crippen molar-refractivity contribution in [3.8, 4) is 6.07 Å². The van der Waals surface area contributed by atoms with Crippen molar-refractivity contribution >= 4 is 6.21 Å². The molecule has 0 spiro atoms. The largest absolute Gasteiger partial charge is 0.310 e. The summed E-state index contributed by atoms with van der Waals surface area (Å²) in [7, 11) is 0. The van der Waals surface area contributed by atoms with Gasteiger partial charge in [0.15, 0.2) is 0 Å². The normalized spacial score (nSPS) is 11.3. The van der Waals surface area contributed by atoms with Gasteiger partial charge >= 0.3 is 0 Å². The van der Waals surface area contributed by atoms with E-state index in [1.807, 2.05) is 24.3 Å². The number of aryl methyl sites for hydroxylation is 1. The van der Waals surface area contributed by atoms with Crippen molar-refractivity contribution in [2.45, 2.75) is 26.4 Å². The summed E-state index contributed by atoms with van der Waals surface area (Å²) in [5.41, 5.74) is 6.55. The molecule has 0 aliphatic heterocycles. The second-order valence-corrected chi connectivity index (χ2v) is 3.09. The molecule has 80 valence electrons. The van der Waals surface area contributed by atoms with E-state index < -0.39 is 0 Å². The molecular weight excluding hydrogens is 186 g/mol. The zero-order valence-corrected chi connectivity index (χ0v) is 9.22. The van der Waals surface area contributed by atoms with Crippen molar-refractivity contribution in [1.82, 2.24) is 0 Å². The predicted octanol–water partition coefficient (Wildman–Crippen LogP) is 2.27. The topological polar surface area (TPSA) is 62.2 Å². The highest BCUT2D eigenvalue weighted by molar-refractivity contribution is 5.60. The van der Waals surface area contributed by atoms with E-state index in [0.717, 1.165) is 0 Å². The standard InChI is InChI=1S/C7H8.C5H9N3/c1-7-5-3-2-4-6-7;1-5(7)8-4-2-3-6/h2-6H,1H3;4-5H,2,7H2,1H3/b;8-4-. The minimum absolute atomic E-state index is 0.177. The fourth-order valence-electron chi connectivity index (χ4n) is 0.794. The van der Waals surface area contributed by atoms with Crippen molar-refractivity contribution in [3.63, 3.8) is 0 Å². The lowest BCUT2D eigenvalue weighted by Gasteiger charge is -1.90. The SMILES string of the molecule is CC(N)/N=C\CC#N.Cc1ccccc1. The number of nitriles is 1. The second-order valence-electron chi connectivity index (χ2n) is 3.09. The minimum atomic E-state index is -0.177. The van der Waals surface area contributed by atoms with Crippen LogP contribution >= 0.6 is 0 Å². The first kappa shape index (κ1) is 13.3. The molecule has 1 rings (SSSR count). The number of hydrogen-bond donors (Lipinski definition) is 1. The molecule has 1 aromatic rings. The van der Waals surface area contributed by atoms with Crippen molar-refractivity contribution in [1.29, 1.82) is 5.26 Å². The van der Waals surface area contributed by atoms with E-state index in [9.17, 15) is 0 Å². The molecule has 0 heterocycles. The van der Waals surface area contributed by atoms with Crippen LogP contribution in [0.3, 0.4) is 0 Å². The fraction of sp³-hybridized carbons (Fsp3) is 0.333. The highest BCUT2D eigenvalue weighted by atomic mass is 14.9. The summed E-state index contributed by atoms with van der Waals surface area (Å²) < 4.78 is 0. The number of nitrogens with two attached hydrogens (primary N) is 1. The van der Waals surface area contributed by atoms with E-state index in [2.05, 4.69) is 24.0 Å². The Morgan fingerprint density at radius 3 is 2.40 bits per heavy atom. The molecule has 3 heteroatoms. The van der Waals surface area contributed by atoms with Crippen LogP contribution in [0.2, 0.25) is 0 Å². The number of hydrogen-bond acceptors (Lipinski definition) is 3. The molecule has 0 aliphatic rings. The van der Waals surface area contributed by atoms with Crippen LogP contribution in [0.4, 0.5) is 0 Å². The Labute approximate surface area is 91.3 Å². The van der Waals surface area contributed by atoms with Crippen LogP contribution in [0, 0.1) is 18.3 Å². The average Bonchev–Trinajstić information content (AvgIpc) is 2.20. The number of benzene rings is 1. The van der Waals surface area contributed by atoms with E-state index >= 15 is 0 Å². The van der Waals surface area contributed by atoms with Crippen molar-refractivity contribution in [2.75, 3.05) is 0 Å².